The van der Waals surface area contributed by atoms with Gasteiger partial charge < -0.3 is 9.84 Å². The van der Waals surface area contributed by atoms with E-state index in [1.165, 1.54) is 12.1 Å². The number of carbonyl (C=O) groups is 1. The van der Waals surface area contributed by atoms with E-state index in [2.05, 4.69) is 0 Å². The van der Waals surface area contributed by atoms with Gasteiger partial charge in [0.1, 0.15) is 5.82 Å². The Morgan fingerprint density at radius 1 is 1.19 bits per heavy atom. The minimum atomic E-state index is -0.797. The summed E-state index contributed by atoms with van der Waals surface area (Å²) in [5.41, 5.74) is 0.338. The molecule has 1 heterocycles. The van der Waals surface area contributed by atoms with E-state index in [4.69, 9.17) is 4.74 Å². The van der Waals surface area contributed by atoms with Gasteiger partial charge in [0.15, 0.2) is 0 Å². The first-order valence-corrected chi connectivity index (χ1v) is 7.66. The highest BCUT2D eigenvalue weighted by Crippen LogP contribution is 2.50. The third kappa shape index (κ3) is 2.82. The van der Waals surface area contributed by atoms with Gasteiger partial charge >= 0.3 is 5.97 Å². The number of carboxylic acids is 1. The number of rotatable bonds is 3. The summed E-state index contributed by atoms with van der Waals surface area (Å²) in [6, 6.07) is 6.34. The monoisotopic (exact) mass is 292 g/mol. The summed E-state index contributed by atoms with van der Waals surface area (Å²) in [6.07, 6.45) is 5.82. The second kappa shape index (κ2) is 5.41. The molecular formula is C17H21FO3. The molecular weight excluding hydrogens is 271 g/mol. The molecule has 0 aromatic heterocycles. The lowest BCUT2D eigenvalue weighted by Gasteiger charge is -2.46. The zero-order valence-corrected chi connectivity index (χ0v) is 12.1. The predicted molar refractivity (Wildman–Crippen MR) is 76.7 cm³/mol. The summed E-state index contributed by atoms with van der Waals surface area (Å²) in [4.78, 5) is 11.4. The Balaban J connectivity index is 1.96. The van der Waals surface area contributed by atoms with Crippen molar-refractivity contribution in [2.24, 2.45) is 0 Å². The molecule has 0 amide bonds. The summed E-state index contributed by atoms with van der Waals surface area (Å²) in [7, 11) is 0. The van der Waals surface area contributed by atoms with Crippen molar-refractivity contribution >= 4 is 5.97 Å². The molecule has 1 aromatic rings. The molecule has 1 saturated heterocycles. The van der Waals surface area contributed by atoms with Crippen molar-refractivity contribution in [3.05, 3.63) is 35.6 Å². The zero-order chi connectivity index (χ0) is 14.9. The summed E-state index contributed by atoms with van der Waals surface area (Å²) < 4.78 is 19.2. The molecule has 2 aliphatic rings. The van der Waals surface area contributed by atoms with Crippen LogP contribution in [0.2, 0.25) is 0 Å². The Kier molecular flexibility index (Phi) is 3.74. The molecule has 1 aliphatic carbocycles. The fourth-order valence-electron chi connectivity index (χ4n) is 4.15. The van der Waals surface area contributed by atoms with Gasteiger partial charge in [-0.05, 0) is 43.4 Å². The highest BCUT2D eigenvalue weighted by Gasteiger charge is 2.48. The van der Waals surface area contributed by atoms with E-state index in [0.717, 1.165) is 37.7 Å². The van der Waals surface area contributed by atoms with E-state index in [0.29, 0.717) is 13.0 Å². The Morgan fingerprint density at radius 3 is 2.48 bits per heavy atom. The summed E-state index contributed by atoms with van der Waals surface area (Å²) in [6.45, 7) is 0.588. The SMILES string of the molecule is O=C(O)CC1(c2ccc(F)cc2)CCOC2(CCCC2)C1. The van der Waals surface area contributed by atoms with Crippen LogP contribution in [0.15, 0.2) is 24.3 Å². The van der Waals surface area contributed by atoms with Crippen molar-refractivity contribution in [1.29, 1.82) is 0 Å². The van der Waals surface area contributed by atoms with Crippen LogP contribution in [0, 0.1) is 5.82 Å². The highest BCUT2D eigenvalue weighted by atomic mass is 19.1. The minimum absolute atomic E-state index is 0.0870. The van der Waals surface area contributed by atoms with E-state index in [9.17, 15) is 14.3 Å². The fourth-order valence-corrected chi connectivity index (χ4v) is 4.15. The van der Waals surface area contributed by atoms with Crippen molar-refractivity contribution in [3.8, 4) is 0 Å². The third-order valence-corrected chi connectivity index (χ3v) is 5.11. The Hall–Kier alpha value is -1.42. The molecule has 3 nitrogen and oxygen atoms in total. The van der Waals surface area contributed by atoms with Crippen LogP contribution in [0.25, 0.3) is 0 Å². The van der Waals surface area contributed by atoms with Gasteiger partial charge in [-0.1, -0.05) is 25.0 Å². The predicted octanol–water partition coefficient (Wildman–Crippen LogP) is 3.66. The first-order chi connectivity index (χ1) is 10.0. The quantitative estimate of drug-likeness (QED) is 0.924. The second-order valence-electron chi connectivity index (χ2n) is 6.52. The molecule has 1 aliphatic heterocycles. The van der Waals surface area contributed by atoms with Crippen molar-refractivity contribution < 1.29 is 19.0 Å². The van der Waals surface area contributed by atoms with E-state index in [1.54, 1.807) is 12.1 Å². The third-order valence-electron chi connectivity index (χ3n) is 5.11. The maximum Gasteiger partial charge on any atom is 0.304 e. The Morgan fingerprint density at radius 2 is 1.86 bits per heavy atom. The number of aliphatic carboxylic acids is 1. The van der Waals surface area contributed by atoms with Crippen LogP contribution in [0.1, 0.15) is 50.5 Å². The van der Waals surface area contributed by atoms with E-state index < -0.39 is 11.4 Å². The van der Waals surface area contributed by atoms with Crippen molar-refractivity contribution in [2.45, 2.75) is 56.0 Å². The maximum absolute atomic E-state index is 13.2. The molecule has 1 aromatic carbocycles. The highest BCUT2D eigenvalue weighted by molar-refractivity contribution is 5.69. The molecule has 4 heteroatoms. The number of carboxylic acid groups (broad SMARTS) is 1. The number of halogens is 1. The minimum Gasteiger partial charge on any atom is -0.481 e. The fraction of sp³-hybridized carbons (Fsp3) is 0.588. The molecule has 1 saturated carbocycles. The Labute approximate surface area is 124 Å². The number of hydrogen-bond acceptors (Lipinski definition) is 2. The van der Waals surface area contributed by atoms with Crippen LogP contribution in [0.4, 0.5) is 4.39 Å². The van der Waals surface area contributed by atoms with Crippen LogP contribution in [0.3, 0.4) is 0 Å². The normalized spacial score (nSPS) is 27.9. The van der Waals surface area contributed by atoms with E-state index in [1.807, 2.05) is 0 Å². The molecule has 1 unspecified atom stereocenters. The average molecular weight is 292 g/mol. The van der Waals surface area contributed by atoms with Gasteiger partial charge in [-0.15, -0.1) is 0 Å². The standard InChI is InChI=1S/C17H21FO3/c18-14-5-3-13(4-6-14)16(11-15(19)20)9-10-21-17(12-16)7-1-2-8-17/h3-6H,1-2,7-12H2,(H,19,20). The number of ether oxygens (including phenoxy) is 1. The average Bonchev–Trinajstić information content (AvgIpc) is 2.86. The molecule has 1 spiro atoms. The van der Waals surface area contributed by atoms with Gasteiger partial charge in [0.05, 0.1) is 12.0 Å². The van der Waals surface area contributed by atoms with Crippen LogP contribution in [0.5, 0.6) is 0 Å². The summed E-state index contributed by atoms with van der Waals surface area (Å²) in [5, 5.41) is 9.36. The van der Waals surface area contributed by atoms with Gasteiger partial charge in [0.2, 0.25) is 0 Å². The van der Waals surface area contributed by atoms with Gasteiger partial charge in [-0.25, -0.2) is 4.39 Å². The van der Waals surface area contributed by atoms with Gasteiger partial charge in [-0.2, -0.15) is 0 Å². The van der Waals surface area contributed by atoms with Crippen molar-refractivity contribution in [3.63, 3.8) is 0 Å². The molecule has 114 valence electrons. The molecule has 21 heavy (non-hydrogen) atoms. The van der Waals surface area contributed by atoms with Gasteiger partial charge in [-0.3, -0.25) is 4.79 Å². The topological polar surface area (TPSA) is 46.5 Å². The molecule has 2 fully saturated rings. The Bertz CT molecular complexity index is 519. The van der Waals surface area contributed by atoms with Crippen LogP contribution in [-0.4, -0.2) is 23.3 Å². The summed E-state index contributed by atoms with van der Waals surface area (Å²) >= 11 is 0. The van der Waals surface area contributed by atoms with E-state index in [-0.39, 0.29) is 17.8 Å². The summed E-state index contributed by atoms with van der Waals surface area (Å²) in [5.74, 6) is -1.08. The smallest absolute Gasteiger partial charge is 0.304 e. The zero-order valence-electron chi connectivity index (χ0n) is 12.1. The molecule has 1 atom stereocenters. The van der Waals surface area contributed by atoms with Gasteiger partial charge in [0.25, 0.3) is 0 Å². The molecule has 0 radical (unpaired) electrons. The largest absolute Gasteiger partial charge is 0.481 e. The lowest BCUT2D eigenvalue weighted by Crippen LogP contribution is -2.47. The molecule has 0 bridgehead atoms. The molecule has 1 N–H and O–H groups in total. The van der Waals surface area contributed by atoms with Crippen molar-refractivity contribution in [1.82, 2.24) is 0 Å². The second-order valence-corrected chi connectivity index (χ2v) is 6.52. The van der Waals surface area contributed by atoms with Crippen molar-refractivity contribution in [2.75, 3.05) is 6.61 Å². The first kappa shape index (κ1) is 14.5. The van der Waals surface area contributed by atoms with Gasteiger partial charge in [0, 0.05) is 12.0 Å². The van der Waals surface area contributed by atoms with Crippen LogP contribution < -0.4 is 0 Å². The molecule has 3 rings (SSSR count). The van der Waals surface area contributed by atoms with Crippen LogP contribution in [-0.2, 0) is 14.9 Å². The number of benzene rings is 1. The maximum atomic E-state index is 13.2. The van der Waals surface area contributed by atoms with E-state index >= 15 is 0 Å². The van der Waals surface area contributed by atoms with Crippen LogP contribution >= 0.6 is 0 Å². The number of hydrogen-bond donors (Lipinski definition) is 1. The lowest BCUT2D eigenvalue weighted by atomic mass is 9.66. The first-order valence-electron chi connectivity index (χ1n) is 7.66. The lowest BCUT2D eigenvalue weighted by molar-refractivity contribution is -0.143.